The lowest BCUT2D eigenvalue weighted by molar-refractivity contribution is 0.0602. The van der Waals surface area contributed by atoms with Crippen LogP contribution < -0.4 is 0 Å². The van der Waals surface area contributed by atoms with Gasteiger partial charge in [0.25, 0.3) is 0 Å². The minimum absolute atomic E-state index is 0.380. The molecule has 148 valence electrons. The van der Waals surface area contributed by atoms with Gasteiger partial charge < -0.3 is 9.15 Å². The molecule has 2 heterocycles. The topological polar surface area (TPSA) is 64.7 Å². The van der Waals surface area contributed by atoms with Gasteiger partial charge in [0.2, 0.25) is 5.89 Å². The molecule has 0 saturated heterocycles. The zero-order valence-electron chi connectivity index (χ0n) is 16.3. The Labute approximate surface area is 178 Å². The number of carbonyl (C=O) groups is 1. The molecular formula is C24H18N2O3S. The first-order chi connectivity index (χ1) is 14.7. The van der Waals surface area contributed by atoms with Crippen molar-refractivity contribution in [3.63, 3.8) is 0 Å². The number of aromatic nitrogens is 1. The maximum Gasteiger partial charge on any atom is 0.340 e. The highest BCUT2D eigenvalue weighted by Crippen LogP contribution is 2.39. The summed E-state index contributed by atoms with van der Waals surface area (Å²) in [5.41, 5.74) is 7.44. The van der Waals surface area contributed by atoms with E-state index in [1.54, 1.807) is 18.2 Å². The Kier molecular flexibility index (Phi) is 4.64. The molecule has 6 heteroatoms. The number of benzene rings is 3. The number of oxazole rings is 1. The maximum atomic E-state index is 12.1. The van der Waals surface area contributed by atoms with E-state index >= 15 is 0 Å². The summed E-state index contributed by atoms with van der Waals surface area (Å²) < 4.78 is 10.9. The van der Waals surface area contributed by atoms with Gasteiger partial charge in [-0.2, -0.15) is 12.6 Å². The van der Waals surface area contributed by atoms with Gasteiger partial charge in [-0.1, -0.05) is 36.4 Å². The number of hydrogen-bond acceptors (Lipinski definition) is 6. The van der Waals surface area contributed by atoms with Gasteiger partial charge in [-0.15, -0.1) is 0 Å². The number of hydrogen-bond donors (Lipinski definition) is 1. The van der Waals surface area contributed by atoms with Gasteiger partial charge in [0, 0.05) is 12.2 Å². The molecule has 5 rings (SSSR count). The average Bonchev–Trinajstić information content (AvgIpc) is 3.42. The second-order valence-corrected chi connectivity index (χ2v) is 7.39. The fourth-order valence-corrected chi connectivity index (χ4v) is 3.94. The van der Waals surface area contributed by atoms with Crippen LogP contribution in [0, 0.1) is 0 Å². The van der Waals surface area contributed by atoms with Crippen molar-refractivity contribution >= 4 is 41.1 Å². The number of ether oxygens (including phenoxy) is 1. The van der Waals surface area contributed by atoms with E-state index < -0.39 is 5.97 Å². The lowest BCUT2D eigenvalue weighted by Gasteiger charge is -2.02. The van der Waals surface area contributed by atoms with Crippen molar-refractivity contribution in [3.8, 4) is 11.5 Å². The molecule has 30 heavy (non-hydrogen) atoms. The van der Waals surface area contributed by atoms with E-state index in [9.17, 15) is 4.79 Å². The van der Waals surface area contributed by atoms with E-state index in [4.69, 9.17) is 14.1 Å². The smallest absolute Gasteiger partial charge is 0.340 e. The molecule has 3 aromatic carbocycles. The van der Waals surface area contributed by atoms with Gasteiger partial charge in [0.05, 0.1) is 29.6 Å². The number of thiol groups is 1. The van der Waals surface area contributed by atoms with Crippen LogP contribution in [0.25, 0.3) is 22.6 Å². The quantitative estimate of drug-likeness (QED) is 0.359. The highest BCUT2D eigenvalue weighted by Gasteiger charge is 2.23. The lowest BCUT2D eigenvalue weighted by Crippen LogP contribution is -2.01. The van der Waals surface area contributed by atoms with Crippen LogP contribution in [0.2, 0.25) is 0 Å². The Morgan fingerprint density at radius 3 is 2.80 bits per heavy atom. The minimum atomic E-state index is -0.442. The fraction of sp³-hybridized carbons (Fsp3) is 0.125. The summed E-state index contributed by atoms with van der Waals surface area (Å²) >= 11 is 4.37. The van der Waals surface area contributed by atoms with Crippen molar-refractivity contribution in [3.05, 3.63) is 82.9 Å². The van der Waals surface area contributed by atoms with Crippen molar-refractivity contribution in [2.75, 3.05) is 7.11 Å². The molecule has 4 aromatic rings. The molecule has 0 bridgehead atoms. The van der Waals surface area contributed by atoms with E-state index in [1.165, 1.54) is 7.11 Å². The van der Waals surface area contributed by atoms with Gasteiger partial charge in [-0.25, -0.2) is 9.78 Å². The molecule has 0 spiro atoms. The van der Waals surface area contributed by atoms with Crippen LogP contribution >= 0.6 is 12.6 Å². The molecule has 1 aromatic heterocycles. The van der Waals surface area contributed by atoms with Crippen molar-refractivity contribution in [2.45, 2.75) is 12.2 Å². The number of fused-ring (bicyclic) bond motifs is 2. The zero-order valence-corrected chi connectivity index (χ0v) is 17.1. The fourth-order valence-electron chi connectivity index (χ4n) is 3.75. The monoisotopic (exact) mass is 414 g/mol. The molecule has 0 fully saturated rings. The number of carbonyl (C=O) groups excluding carboxylic acids is 1. The van der Waals surface area contributed by atoms with Crippen molar-refractivity contribution in [2.24, 2.45) is 4.99 Å². The second kappa shape index (κ2) is 7.46. The highest BCUT2D eigenvalue weighted by atomic mass is 32.1. The number of methoxy groups -OCH3 is 1. The number of nitrogens with zero attached hydrogens (tertiary/aromatic N) is 2. The summed E-state index contributed by atoms with van der Waals surface area (Å²) in [5.74, 6) is 0.681. The van der Waals surface area contributed by atoms with Crippen LogP contribution in [-0.4, -0.2) is 23.8 Å². The number of rotatable bonds is 4. The van der Waals surface area contributed by atoms with E-state index in [0.29, 0.717) is 28.3 Å². The highest BCUT2D eigenvalue weighted by molar-refractivity contribution is 7.79. The summed E-state index contributed by atoms with van der Waals surface area (Å²) in [6, 6.07) is 19.5. The van der Waals surface area contributed by atoms with Gasteiger partial charge in [-0.3, -0.25) is 4.99 Å². The number of aliphatic imine (C=N–C) groups is 1. The van der Waals surface area contributed by atoms with E-state index in [0.717, 1.165) is 40.1 Å². The predicted molar refractivity (Wildman–Crippen MR) is 120 cm³/mol. The molecule has 0 amide bonds. The Bertz CT molecular complexity index is 1320. The number of esters is 1. The van der Waals surface area contributed by atoms with Crippen LogP contribution in [-0.2, 0) is 16.9 Å². The first kappa shape index (κ1) is 18.6. The van der Waals surface area contributed by atoms with E-state index in [1.807, 2.05) is 18.2 Å². The Morgan fingerprint density at radius 2 is 1.97 bits per heavy atom. The normalized spacial score (nSPS) is 12.7. The second-order valence-electron chi connectivity index (χ2n) is 7.07. The molecule has 0 radical (unpaired) electrons. The van der Waals surface area contributed by atoms with E-state index in [-0.39, 0.29) is 0 Å². The Hall–Kier alpha value is -3.38. The van der Waals surface area contributed by atoms with E-state index in [2.05, 4.69) is 41.9 Å². The maximum absolute atomic E-state index is 12.1. The summed E-state index contributed by atoms with van der Waals surface area (Å²) in [5, 5.41) is 0. The van der Waals surface area contributed by atoms with Crippen LogP contribution in [0.5, 0.6) is 0 Å². The van der Waals surface area contributed by atoms with Crippen LogP contribution in [0.3, 0.4) is 0 Å². The average molecular weight is 414 g/mol. The Balaban J connectivity index is 1.61. The summed E-state index contributed by atoms with van der Waals surface area (Å²) in [7, 11) is 1.35. The third kappa shape index (κ3) is 3.09. The van der Waals surface area contributed by atoms with Crippen LogP contribution in [0.4, 0.5) is 5.69 Å². The minimum Gasteiger partial charge on any atom is -0.465 e. The van der Waals surface area contributed by atoms with Crippen molar-refractivity contribution in [1.29, 1.82) is 0 Å². The number of para-hydroxylation sites is 2. The zero-order chi connectivity index (χ0) is 20.7. The Morgan fingerprint density at radius 1 is 1.13 bits per heavy atom. The molecule has 0 unspecified atom stereocenters. The predicted octanol–water partition coefficient (Wildman–Crippen LogP) is 5.39. The summed E-state index contributed by atoms with van der Waals surface area (Å²) in [6.07, 6.45) is 0.743. The van der Waals surface area contributed by atoms with Crippen LogP contribution in [0.15, 0.2) is 70.1 Å². The molecule has 5 nitrogen and oxygen atoms in total. The SMILES string of the molecule is COC(=O)c1cccc2oc(-c3cccc4c3N=C(c3cccc(CS)c3)C4)nc12. The van der Waals surface area contributed by atoms with Crippen molar-refractivity contribution < 1.29 is 13.9 Å². The van der Waals surface area contributed by atoms with Gasteiger partial charge >= 0.3 is 5.97 Å². The van der Waals surface area contributed by atoms with Crippen molar-refractivity contribution in [1.82, 2.24) is 4.98 Å². The third-order valence-electron chi connectivity index (χ3n) is 5.22. The molecule has 0 saturated carbocycles. The van der Waals surface area contributed by atoms with Gasteiger partial charge in [-0.05, 0) is 41.0 Å². The summed E-state index contributed by atoms with van der Waals surface area (Å²) in [4.78, 5) is 21.6. The molecular weight excluding hydrogens is 396 g/mol. The summed E-state index contributed by atoms with van der Waals surface area (Å²) in [6.45, 7) is 0. The largest absolute Gasteiger partial charge is 0.465 e. The molecule has 0 atom stereocenters. The first-order valence-corrected chi connectivity index (χ1v) is 10.2. The third-order valence-corrected chi connectivity index (χ3v) is 5.59. The molecule has 1 aliphatic heterocycles. The molecule has 0 aliphatic carbocycles. The van der Waals surface area contributed by atoms with Crippen LogP contribution in [0.1, 0.15) is 27.0 Å². The van der Waals surface area contributed by atoms with Gasteiger partial charge in [0.15, 0.2) is 5.58 Å². The first-order valence-electron chi connectivity index (χ1n) is 9.56. The lowest BCUT2D eigenvalue weighted by atomic mass is 10.0. The van der Waals surface area contributed by atoms with Gasteiger partial charge in [0.1, 0.15) is 5.52 Å². The molecule has 1 aliphatic rings. The standard InChI is InChI=1S/C24H18N2O3S/c1-28-24(27)18-9-4-10-20-22(18)26-23(29-20)17-8-3-7-16-12-19(25-21(16)17)15-6-2-5-14(11-15)13-30/h2-11,30H,12-13H2,1H3. The molecule has 0 N–H and O–H groups in total.